The number of rotatable bonds is 6. The van der Waals surface area contributed by atoms with Gasteiger partial charge in [0.25, 0.3) is 0 Å². The maximum atomic E-state index is 5.38. The van der Waals surface area contributed by atoms with Crippen molar-refractivity contribution >= 4 is 16.3 Å². The van der Waals surface area contributed by atoms with Gasteiger partial charge in [0.15, 0.2) is 17.3 Å². The quantitative estimate of drug-likeness (QED) is 0.509. The van der Waals surface area contributed by atoms with E-state index in [2.05, 4.69) is 10.2 Å². The highest BCUT2D eigenvalue weighted by molar-refractivity contribution is 7.19. The Hall–Kier alpha value is -3.13. The molecule has 0 unspecified atom stereocenters. The SMILES string of the molecule is COc1ccc(Cc2nnc3sc(-c4ccc(OC)c(OC)c4)nn23)cc1. The van der Waals surface area contributed by atoms with Crippen LogP contribution in [-0.4, -0.2) is 41.1 Å². The largest absolute Gasteiger partial charge is 0.497 e. The second kappa shape index (κ2) is 7.24. The molecule has 4 aromatic rings. The third kappa shape index (κ3) is 3.31. The molecule has 0 saturated heterocycles. The van der Waals surface area contributed by atoms with Crippen LogP contribution in [0, 0.1) is 0 Å². The standard InChI is InChI=1S/C19H18N4O3S/c1-24-14-7-4-12(5-8-14)10-17-20-21-19-23(17)22-18(27-19)13-6-9-15(25-2)16(11-13)26-3/h4-9,11H,10H2,1-3H3. The van der Waals surface area contributed by atoms with E-state index >= 15 is 0 Å². The molecule has 0 atom stereocenters. The van der Waals surface area contributed by atoms with E-state index in [1.165, 1.54) is 11.3 Å². The second-order valence-corrected chi connectivity index (χ2v) is 6.77. The van der Waals surface area contributed by atoms with Crippen molar-refractivity contribution in [3.8, 4) is 27.8 Å². The van der Waals surface area contributed by atoms with Crippen LogP contribution in [0.1, 0.15) is 11.4 Å². The van der Waals surface area contributed by atoms with Crippen LogP contribution in [0.5, 0.6) is 17.2 Å². The summed E-state index contributed by atoms with van der Waals surface area (Å²) in [5, 5.41) is 14.1. The summed E-state index contributed by atoms with van der Waals surface area (Å²) in [6.07, 6.45) is 0.639. The lowest BCUT2D eigenvalue weighted by Crippen LogP contribution is -1.98. The van der Waals surface area contributed by atoms with Crippen LogP contribution < -0.4 is 14.2 Å². The minimum absolute atomic E-state index is 0.639. The predicted molar refractivity (Wildman–Crippen MR) is 103 cm³/mol. The fourth-order valence-electron chi connectivity index (χ4n) is 2.78. The van der Waals surface area contributed by atoms with Gasteiger partial charge in [-0.1, -0.05) is 23.5 Å². The lowest BCUT2D eigenvalue weighted by atomic mass is 10.1. The molecule has 0 spiro atoms. The maximum absolute atomic E-state index is 5.38. The molecule has 0 aliphatic carbocycles. The van der Waals surface area contributed by atoms with E-state index in [1.807, 2.05) is 42.5 Å². The van der Waals surface area contributed by atoms with Gasteiger partial charge in [0, 0.05) is 12.0 Å². The molecule has 0 saturated carbocycles. The highest BCUT2D eigenvalue weighted by Gasteiger charge is 2.15. The first kappa shape index (κ1) is 17.3. The summed E-state index contributed by atoms with van der Waals surface area (Å²) in [5.74, 6) is 2.97. The van der Waals surface area contributed by atoms with Gasteiger partial charge < -0.3 is 14.2 Å². The van der Waals surface area contributed by atoms with Gasteiger partial charge >= 0.3 is 0 Å². The van der Waals surface area contributed by atoms with E-state index in [1.54, 1.807) is 25.8 Å². The smallest absolute Gasteiger partial charge is 0.234 e. The summed E-state index contributed by atoms with van der Waals surface area (Å²) in [5.41, 5.74) is 2.06. The Morgan fingerprint density at radius 3 is 2.37 bits per heavy atom. The van der Waals surface area contributed by atoms with Crippen LogP contribution >= 0.6 is 11.3 Å². The van der Waals surface area contributed by atoms with Crippen LogP contribution in [0.15, 0.2) is 42.5 Å². The zero-order valence-electron chi connectivity index (χ0n) is 15.2. The summed E-state index contributed by atoms with van der Waals surface area (Å²) < 4.78 is 17.7. The van der Waals surface area contributed by atoms with E-state index in [4.69, 9.17) is 19.3 Å². The normalized spacial score (nSPS) is 10.9. The van der Waals surface area contributed by atoms with Crippen LogP contribution in [0.3, 0.4) is 0 Å². The molecule has 138 valence electrons. The molecule has 0 bridgehead atoms. The third-order valence-electron chi connectivity index (χ3n) is 4.21. The van der Waals surface area contributed by atoms with Crippen molar-refractivity contribution in [2.45, 2.75) is 6.42 Å². The second-order valence-electron chi connectivity index (χ2n) is 5.81. The van der Waals surface area contributed by atoms with Crippen LogP contribution in [0.25, 0.3) is 15.5 Å². The summed E-state index contributed by atoms with van der Waals surface area (Å²) in [6, 6.07) is 13.6. The number of fused-ring (bicyclic) bond motifs is 1. The zero-order chi connectivity index (χ0) is 18.8. The Morgan fingerprint density at radius 1 is 0.889 bits per heavy atom. The molecule has 2 aromatic heterocycles. The van der Waals surface area contributed by atoms with Gasteiger partial charge in [-0.2, -0.15) is 9.61 Å². The van der Waals surface area contributed by atoms with Gasteiger partial charge in [-0.25, -0.2) is 0 Å². The molecule has 0 aliphatic rings. The van der Waals surface area contributed by atoms with Crippen molar-refractivity contribution in [2.75, 3.05) is 21.3 Å². The lowest BCUT2D eigenvalue weighted by molar-refractivity contribution is 0.355. The van der Waals surface area contributed by atoms with Crippen molar-refractivity contribution < 1.29 is 14.2 Å². The molecule has 7 nitrogen and oxygen atoms in total. The Bertz CT molecular complexity index is 1070. The molecular weight excluding hydrogens is 364 g/mol. The van der Waals surface area contributed by atoms with Crippen molar-refractivity contribution in [2.24, 2.45) is 0 Å². The highest BCUT2D eigenvalue weighted by atomic mass is 32.1. The highest BCUT2D eigenvalue weighted by Crippen LogP contribution is 2.34. The lowest BCUT2D eigenvalue weighted by Gasteiger charge is -2.07. The minimum Gasteiger partial charge on any atom is -0.497 e. The number of benzene rings is 2. The molecule has 4 rings (SSSR count). The van der Waals surface area contributed by atoms with Crippen LogP contribution in [-0.2, 0) is 6.42 Å². The first-order valence-electron chi connectivity index (χ1n) is 8.28. The summed E-state index contributed by atoms with van der Waals surface area (Å²) in [7, 11) is 4.89. The third-order valence-corrected chi connectivity index (χ3v) is 5.16. The van der Waals surface area contributed by atoms with E-state index in [-0.39, 0.29) is 0 Å². The van der Waals surface area contributed by atoms with E-state index < -0.39 is 0 Å². The van der Waals surface area contributed by atoms with Crippen molar-refractivity contribution in [3.05, 3.63) is 53.9 Å². The van der Waals surface area contributed by atoms with Crippen LogP contribution in [0.4, 0.5) is 0 Å². The number of methoxy groups -OCH3 is 3. The Labute approximate surface area is 160 Å². The van der Waals surface area contributed by atoms with E-state index in [9.17, 15) is 0 Å². The molecular formula is C19H18N4O3S. The molecule has 0 aliphatic heterocycles. The minimum atomic E-state index is 0.639. The van der Waals surface area contributed by atoms with Gasteiger partial charge in [-0.15, -0.1) is 10.2 Å². The Kier molecular flexibility index (Phi) is 4.64. The summed E-state index contributed by atoms with van der Waals surface area (Å²) in [6.45, 7) is 0. The molecule has 2 aromatic carbocycles. The predicted octanol–water partition coefficient (Wildman–Crippen LogP) is 3.47. The molecule has 0 radical (unpaired) electrons. The molecule has 2 heterocycles. The Morgan fingerprint density at radius 2 is 1.67 bits per heavy atom. The number of hydrogen-bond acceptors (Lipinski definition) is 7. The van der Waals surface area contributed by atoms with Gasteiger partial charge in [-0.05, 0) is 35.9 Å². The van der Waals surface area contributed by atoms with Crippen molar-refractivity contribution in [3.63, 3.8) is 0 Å². The average molecular weight is 382 g/mol. The summed E-state index contributed by atoms with van der Waals surface area (Å²) >= 11 is 1.48. The van der Waals surface area contributed by atoms with Gasteiger partial charge in [0.1, 0.15) is 10.8 Å². The summed E-state index contributed by atoms with van der Waals surface area (Å²) in [4.78, 5) is 0.753. The topological polar surface area (TPSA) is 70.8 Å². The monoisotopic (exact) mass is 382 g/mol. The van der Waals surface area contributed by atoms with Gasteiger partial charge in [0.05, 0.1) is 21.3 Å². The molecule has 0 fully saturated rings. The first-order valence-corrected chi connectivity index (χ1v) is 9.10. The zero-order valence-corrected chi connectivity index (χ0v) is 16.0. The number of ether oxygens (including phenoxy) is 3. The number of aromatic nitrogens is 4. The molecule has 27 heavy (non-hydrogen) atoms. The average Bonchev–Trinajstić information content (AvgIpc) is 3.30. The molecule has 0 amide bonds. The van der Waals surface area contributed by atoms with E-state index in [0.717, 1.165) is 32.7 Å². The van der Waals surface area contributed by atoms with Crippen molar-refractivity contribution in [1.82, 2.24) is 19.8 Å². The first-order chi connectivity index (χ1) is 13.2. The molecule has 0 N–H and O–H groups in total. The fraction of sp³-hybridized carbons (Fsp3) is 0.211. The van der Waals surface area contributed by atoms with E-state index in [0.29, 0.717) is 17.9 Å². The van der Waals surface area contributed by atoms with Crippen molar-refractivity contribution in [1.29, 1.82) is 0 Å². The van der Waals surface area contributed by atoms with Gasteiger partial charge in [0.2, 0.25) is 4.96 Å². The fourth-order valence-corrected chi connectivity index (χ4v) is 3.63. The van der Waals surface area contributed by atoms with Gasteiger partial charge in [-0.3, -0.25) is 0 Å². The molecule has 8 heteroatoms. The van der Waals surface area contributed by atoms with Crippen LogP contribution in [0.2, 0.25) is 0 Å². The Balaban J connectivity index is 1.65. The number of nitrogens with zero attached hydrogens (tertiary/aromatic N) is 4. The number of hydrogen-bond donors (Lipinski definition) is 0. The maximum Gasteiger partial charge on any atom is 0.234 e.